The van der Waals surface area contributed by atoms with Gasteiger partial charge in [0.05, 0.1) is 6.61 Å². The second-order valence-electron chi connectivity index (χ2n) is 3.94. The van der Waals surface area contributed by atoms with Crippen LogP contribution >= 0.6 is 0 Å². The van der Waals surface area contributed by atoms with Gasteiger partial charge in [0.15, 0.2) is 0 Å². The first kappa shape index (κ1) is 10.9. The molecule has 1 aliphatic heterocycles. The minimum absolute atomic E-state index is 0.0258. The lowest BCUT2D eigenvalue weighted by molar-refractivity contribution is 0.0758. The molecule has 84 valence electrons. The summed E-state index contributed by atoms with van der Waals surface area (Å²) in [5.74, 6) is 0.0384. The molecule has 1 heterocycles. The van der Waals surface area contributed by atoms with Crippen LogP contribution in [0.15, 0.2) is 30.9 Å². The number of hydrogen-bond donors (Lipinski definition) is 1. The number of amides is 1. The Morgan fingerprint density at radius 1 is 1.50 bits per heavy atom. The van der Waals surface area contributed by atoms with Gasteiger partial charge in [-0.2, -0.15) is 0 Å². The van der Waals surface area contributed by atoms with E-state index in [4.69, 9.17) is 5.11 Å². The molecule has 16 heavy (non-hydrogen) atoms. The van der Waals surface area contributed by atoms with Crippen LogP contribution in [-0.2, 0) is 13.0 Å². The van der Waals surface area contributed by atoms with Gasteiger partial charge >= 0.3 is 0 Å². The fraction of sp³-hybridized carbons (Fsp3) is 0.308. The molecule has 0 unspecified atom stereocenters. The van der Waals surface area contributed by atoms with E-state index in [-0.39, 0.29) is 12.5 Å². The number of carbonyl (C=O) groups excluding carboxylic acids is 1. The van der Waals surface area contributed by atoms with Gasteiger partial charge in [-0.15, -0.1) is 6.58 Å². The van der Waals surface area contributed by atoms with Crippen LogP contribution in [0.25, 0.3) is 0 Å². The number of aliphatic hydroxyl groups is 1. The van der Waals surface area contributed by atoms with Crippen LogP contribution in [0.1, 0.15) is 21.5 Å². The van der Waals surface area contributed by atoms with Crippen molar-refractivity contribution in [2.75, 3.05) is 13.1 Å². The van der Waals surface area contributed by atoms with E-state index in [1.807, 2.05) is 12.1 Å². The molecule has 1 aromatic rings. The smallest absolute Gasteiger partial charge is 0.254 e. The highest BCUT2D eigenvalue weighted by atomic mass is 16.3. The Morgan fingerprint density at radius 2 is 2.31 bits per heavy atom. The van der Waals surface area contributed by atoms with E-state index in [0.717, 1.165) is 29.7 Å². The maximum absolute atomic E-state index is 12.1. The van der Waals surface area contributed by atoms with E-state index in [2.05, 4.69) is 6.58 Å². The van der Waals surface area contributed by atoms with Gasteiger partial charge in [-0.3, -0.25) is 4.79 Å². The number of carbonyl (C=O) groups is 1. The van der Waals surface area contributed by atoms with Crippen LogP contribution in [0.3, 0.4) is 0 Å². The Labute approximate surface area is 95.0 Å². The van der Waals surface area contributed by atoms with Crippen molar-refractivity contribution in [3.8, 4) is 0 Å². The van der Waals surface area contributed by atoms with Gasteiger partial charge in [-0.1, -0.05) is 18.2 Å². The average molecular weight is 217 g/mol. The highest BCUT2D eigenvalue weighted by molar-refractivity contribution is 5.97. The Morgan fingerprint density at radius 3 is 3.00 bits per heavy atom. The zero-order valence-corrected chi connectivity index (χ0v) is 9.15. The molecule has 1 N–H and O–H groups in total. The molecule has 0 radical (unpaired) electrons. The summed E-state index contributed by atoms with van der Waals surface area (Å²) in [6.45, 7) is 4.95. The summed E-state index contributed by atoms with van der Waals surface area (Å²) in [6, 6.07) is 5.59. The number of nitrogens with zero attached hydrogens (tertiary/aromatic N) is 1. The first-order chi connectivity index (χ1) is 7.76. The van der Waals surface area contributed by atoms with E-state index >= 15 is 0 Å². The summed E-state index contributed by atoms with van der Waals surface area (Å²) >= 11 is 0. The third-order valence-electron chi connectivity index (χ3n) is 2.88. The number of benzene rings is 1. The number of rotatable bonds is 3. The molecule has 0 saturated heterocycles. The van der Waals surface area contributed by atoms with Crippen molar-refractivity contribution in [1.29, 1.82) is 0 Å². The zero-order chi connectivity index (χ0) is 11.5. The predicted octanol–water partition coefficient (Wildman–Crippen LogP) is 1.36. The fourth-order valence-corrected chi connectivity index (χ4v) is 2.00. The normalized spacial score (nSPS) is 14.8. The van der Waals surface area contributed by atoms with Crippen LogP contribution in [0.5, 0.6) is 0 Å². The monoisotopic (exact) mass is 217 g/mol. The SMILES string of the molecule is C=CCN1CCc2ccc(CO)cc2C1=O. The van der Waals surface area contributed by atoms with Crippen LogP contribution in [0.4, 0.5) is 0 Å². The summed E-state index contributed by atoms with van der Waals surface area (Å²) in [6.07, 6.45) is 2.61. The summed E-state index contributed by atoms with van der Waals surface area (Å²) in [4.78, 5) is 13.8. The molecular formula is C13H15NO2. The molecule has 0 atom stereocenters. The molecule has 1 aliphatic rings. The Bertz CT molecular complexity index is 426. The topological polar surface area (TPSA) is 40.5 Å². The third-order valence-corrected chi connectivity index (χ3v) is 2.88. The Kier molecular flexibility index (Phi) is 3.06. The van der Waals surface area contributed by atoms with Crippen molar-refractivity contribution in [3.63, 3.8) is 0 Å². The molecule has 0 fully saturated rings. The van der Waals surface area contributed by atoms with E-state index < -0.39 is 0 Å². The van der Waals surface area contributed by atoms with Crippen molar-refractivity contribution in [3.05, 3.63) is 47.5 Å². The van der Waals surface area contributed by atoms with Crippen molar-refractivity contribution >= 4 is 5.91 Å². The van der Waals surface area contributed by atoms with Gasteiger partial charge in [0.25, 0.3) is 5.91 Å². The van der Waals surface area contributed by atoms with Crippen LogP contribution in [0, 0.1) is 0 Å². The molecule has 0 bridgehead atoms. The van der Waals surface area contributed by atoms with E-state index in [0.29, 0.717) is 6.54 Å². The molecule has 0 spiro atoms. The first-order valence-electron chi connectivity index (χ1n) is 5.39. The number of hydrogen-bond acceptors (Lipinski definition) is 2. The standard InChI is InChI=1S/C13H15NO2/c1-2-6-14-7-5-11-4-3-10(9-15)8-12(11)13(14)16/h2-4,8,15H,1,5-7,9H2. The Balaban J connectivity index is 2.34. The molecular weight excluding hydrogens is 202 g/mol. The number of aliphatic hydroxyl groups excluding tert-OH is 1. The zero-order valence-electron chi connectivity index (χ0n) is 9.15. The van der Waals surface area contributed by atoms with Crippen molar-refractivity contribution in [2.24, 2.45) is 0 Å². The highest BCUT2D eigenvalue weighted by Crippen LogP contribution is 2.20. The van der Waals surface area contributed by atoms with E-state index in [9.17, 15) is 4.79 Å². The van der Waals surface area contributed by atoms with Gasteiger partial charge < -0.3 is 10.0 Å². The summed E-state index contributed by atoms with van der Waals surface area (Å²) < 4.78 is 0. The quantitative estimate of drug-likeness (QED) is 0.777. The van der Waals surface area contributed by atoms with Crippen LogP contribution in [-0.4, -0.2) is 29.0 Å². The fourth-order valence-electron chi connectivity index (χ4n) is 2.00. The molecule has 2 rings (SSSR count). The highest BCUT2D eigenvalue weighted by Gasteiger charge is 2.23. The molecule has 1 aromatic carbocycles. The van der Waals surface area contributed by atoms with Gasteiger partial charge in [0, 0.05) is 18.7 Å². The third kappa shape index (κ3) is 1.86. The lowest BCUT2D eigenvalue weighted by Gasteiger charge is -2.27. The summed E-state index contributed by atoms with van der Waals surface area (Å²) in [7, 11) is 0. The average Bonchev–Trinajstić information content (AvgIpc) is 2.33. The Hall–Kier alpha value is -1.61. The second-order valence-corrected chi connectivity index (χ2v) is 3.94. The van der Waals surface area contributed by atoms with Crippen molar-refractivity contribution in [2.45, 2.75) is 13.0 Å². The molecule has 0 aromatic heterocycles. The molecule has 0 aliphatic carbocycles. The van der Waals surface area contributed by atoms with Crippen LogP contribution in [0.2, 0.25) is 0 Å². The van der Waals surface area contributed by atoms with Crippen molar-refractivity contribution < 1.29 is 9.90 Å². The van der Waals surface area contributed by atoms with E-state index in [1.54, 1.807) is 17.0 Å². The number of fused-ring (bicyclic) bond motifs is 1. The molecule has 3 heteroatoms. The van der Waals surface area contributed by atoms with E-state index in [1.165, 1.54) is 0 Å². The predicted molar refractivity (Wildman–Crippen MR) is 62.2 cm³/mol. The van der Waals surface area contributed by atoms with Gasteiger partial charge in [-0.25, -0.2) is 0 Å². The summed E-state index contributed by atoms with van der Waals surface area (Å²) in [5, 5.41) is 9.05. The lowest BCUT2D eigenvalue weighted by Crippen LogP contribution is -2.37. The molecule has 3 nitrogen and oxygen atoms in total. The summed E-state index contributed by atoms with van der Waals surface area (Å²) in [5.41, 5.74) is 2.58. The van der Waals surface area contributed by atoms with Gasteiger partial charge in [0.2, 0.25) is 0 Å². The molecule has 0 saturated carbocycles. The lowest BCUT2D eigenvalue weighted by atomic mass is 9.97. The van der Waals surface area contributed by atoms with Crippen molar-refractivity contribution in [1.82, 2.24) is 4.90 Å². The van der Waals surface area contributed by atoms with Gasteiger partial charge in [-0.05, 0) is 23.6 Å². The maximum Gasteiger partial charge on any atom is 0.254 e. The van der Waals surface area contributed by atoms with Crippen LogP contribution < -0.4 is 0 Å². The second kappa shape index (κ2) is 4.49. The first-order valence-corrected chi connectivity index (χ1v) is 5.39. The van der Waals surface area contributed by atoms with Gasteiger partial charge in [0.1, 0.15) is 0 Å². The largest absolute Gasteiger partial charge is 0.392 e. The molecule has 1 amide bonds. The maximum atomic E-state index is 12.1. The minimum Gasteiger partial charge on any atom is -0.392 e. The minimum atomic E-state index is -0.0258.